The summed E-state index contributed by atoms with van der Waals surface area (Å²) >= 11 is 3.57. The smallest absolute Gasteiger partial charge is 0.225 e. The molecule has 1 aliphatic heterocycles. The number of carbonyl (C=O) groups excluding carboxylic acids is 1. The van der Waals surface area contributed by atoms with Gasteiger partial charge in [0, 0.05) is 62.8 Å². The molecule has 10 heteroatoms. The van der Waals surface area contributed by atoms with Crippen molar-refractivity contribution in [2.75, 3.05) is 39.3 Å². The first-order chi connectivity index (χ1) is 18.1. The molecule has 3 aromatic heterocycles. The molecule has 4 aromatic rings. The van der Waals surface area contributed by atoms with Gasteiger partial charge in [0.2, 0.25) is 5.91 Å². The van der Waals surface area contributed by atoms with Crippen LogP contribution in [-0.2, 0) is 11.2 Å². The van der Waals surface area contributed by atoms with E-state index in [4.69, 9.17) is 10.1 Å². The van der Waals surface area contributed by atoms with Crippen molar-refractivity contribution < 1.29 is 9.90 Å². The highest BCUT2D eigenvalue weighted by Crippen LogP contribution is 2.35. The Morgan fingerprint density at radius 1 is 1.11 bits per heavy atom. The SMILES string of the molecule is O=C([C@@H]1CC[C@@H](Cc2ncc3c(Br)nn(-c4ccc5ncccc5c4)c3n2)C1)N1CCN(CCO)CC1. The number of halogens is 1. The lowest BCUT2D eigenvalue weighted by molar-refractivity contribution is -0.137. The maximum atomic E-state index is 13.1. The summed E-state index contributed by atoms with van der Waals surface area (Å²) < 4.78 is 2.57. The molecular weight excluding hydrogens is 534 g/mol. The zero-order valence-corrected chi connectivity index (χ0v) is 22.2. The highest BCUT2D eigenvalue weighted by atomic mass is 79.9. The fraction of sp³-hybridized carbons (Fsp3) is 0.444. The van der Waals surface area contributed by atoms with Crippen molar-refractivity contribution in [3.05, 3.63) is 53.2 Å². The maximum absolute atomic E-state index is 13.1. The summed E-state index contributed by atoms with van der Waals surface area (Å²) in [6.45, 7) is 4.04. The second kappa shape index (κ2) is 10.4. The second-order valence-electron chi connectivity index (χ2n) is 10.1. The van der Waals surface area contributed by atoms with E-state index < -0.39 is 0 Å². The van der Waals surface area contributed by atoms with Gasteiger partial charge in [0.15, 0.2) is 5.65 Å². The quantitative estimate of drug-likeness (QED) is 0.384. The number of aliphatic hydroxyl groups excluding tert-OH is 1. The molecule has 2 fully saturated rings. The van der Waals surface area contributed by atoms with E-state index in [2.05, 4.69) is 42.0 Å². The van der Waals surface area contributed by atoms with Crippen LogP contribution in [0.4, 0.5) is 0 Å². The lowest BCUT2D eigenvalue weighted by Crippen LogP contribution is -2.50. The third kappa shape index (κ3) is 4.97. The van der Waals surface area contributed by atoms with Gasteiger partial charge in [-0.3, -0.25) is 14.7 Å². The molecule has 0 bridgehead atoms. The number of aliphatic hydroxyl groups is 1. The van der Waals surface area contributed by atoms with Crippen LogP contribution in [0.2, 0.25) is 0 Å². The number of benzene rings is 1. The van der Waals surface area contributed by atoms with Crippen LogP contribution in [0.1, 0.15) is 25.1 Å². The standard InChI is InChI=1S/C27H30BrN7O2/c28-25-22-17-30-24(31-26(22)35(32-25)21-5-6-23-19(16-21)2-1-7-29-23)15-18-3-4-20(14-18)27(37)34-10-8-33(9-11-34)12-13-36/h1-2,5-7,16-18,20,36H,3-4,8-15H2/t18-,20-/m1/s1. The van der Waals surface area contributed by atoms with E-state index >= 15 is 0 Å². The van der Waals surface area contributed by atoms with Crippen molar-refractivity contribution in [1.82, 2.24) is 34.5 Å². The van der Waals surface area contributed by atoms with Gasteiger partial charge in [-0.2, -0.15) is 5.10 Å². The Morgan fingerprint density at radius 2 is 1.97 bits per heavy atom. The zero-order chi connectivity index (χ0) is 25.4. The molecule has 192 valence electrons. The van der Waals surface area contributed by atoms with Gasteiger partial charge in [-0.15, -0.1) is 0 Å². The molecule has 2 aliphatic rings. The first-order valence-corrected chi connectivity index (χ1v) is 13.8. The average Bonchev–Trinajstić information content (AvgIpc) is 3.53. The first-order valence-electron chi connectivity index (χ1n) is 13.0. The third-order valence-corrected chi connectivity index (χ3v) is 8.31. The van der Waals surface area contributed by atoms with Gasteiger partial charge >= 0.3 is 0 Å². The van der Waals surface area contributed by atoms with E-state index in [9.17, 15) is 4.79 Å². The molecule has 1 saturated carbocycles. The summed E-state index contributed by atoms with van der Waals surface area (Å²) in [5, 5.41) is 15.7. The Balaban J connectivity index is 1.16. The van der Waals surface area contributed by atoms with Crippen LogP contribution in [0.5, 0.6) is 0 Å². The topological polar surface area (TPSA) is 100 Å². The van der Waals surface area contributed by atoms with E-state index in [0.29, 0.717) is 17.1 Å². The predicted octanol–water partition coefficient (Wildman–Crippen LogP) is 3.22. The molecule has 1 aromatic carbocycles. The minimum atomic E-state index is 0.0870. The maximum Gasteiger partial charge on any atom is 0.225 e. The molecular formula is C27H30BrN7O2. The van der Waals surface area contributed by atoms with E-state index in [1.807, 2.05) is 40.0 Å². The summed E-state index contributed by atoms with van der Waals surface area (Å²) in [6.07, 6.45) is 7.23. The van der Waals surface area contributed by atoms with Crippen LogP contribution in [0.15, 0.2) is 47.3 Å². The molecule has 0 spiro atoms. The van der Waals surface area contributed by atoms with Crippen molar-refractivity contribution >= 4 is 43.8 Å². The minimum Gasteiger partial charge on any atom is -0.395 e. The first kappa shape index (κ1) is 24.4. The lowest BCUT2D eigenvalue weighted by atomic mass is 10.00. The summed E-state index contributed by atoms with van der Waals surface area (Å²) in [7, 11) is 0. The molecule has 0 radical (unpaired) electrons. The fourth-order valence-electron chi connectivity index (χ4n) is 5.71. The highest BCUT2D eigenvalue weighted by Gasteiger charge is 2.34. The Morgan fingerprint density at radius 3 is 2.81 bits per heavy atom. The van der Waals surface area contributed by atoms with Crippen LogP contribution in [0, 0.1) is 11.8 Å². The van der Waals surface area contributed by atoms with Crippen LogP contribution in [0.3, 0.4) is 0 Å². The largest absolute Gasteiger partial charge is 0.395 e. The Bertz CT molecular complexity index is 1430. The number of hydrogen-bond donors (Lipinski definition) is 1. The third-order valence-electron chi connectivity index (χ3n) is 7.72. The van der Waals surface area contributed by atoms with Crippen molar-refractivity contribution in [1.29, 1.82) is 0 Å². The lowest BCUT2D eigenvalue weighted by Gasteiger charge is -2.35. The van der Waals surface area contributed by atoms with E-state index in [1.165, 1.54) is 0 Å². The number of aromatic nitrogens is 5. The number of rotatable bonds is 6. The van der Waals surface area contributed by atoms with Crippen molar-refractivity contribution in [3.8, 4) is 5.69 Å². The second-order valence-corrected chi connectivity index (χ2v) is 10.8. The van der Waals surface area contributed by atoms with Crippen molar-refractivity contribution in [3.63, 3.8) is 0 Å². The number of fused-ring (bicyclic) bond motifs is 2. The molecule has 37 heavy (non-hydrogen) atoms. The Kier molecular flexibility index (Phi) is 6.88. The molecule has 1 amide bonds. The predicted molar refractivity (Wildman–Crippen MR) is 144 cm³/mol. The van der Waals surface area contributed by atoms with Crippen molar-refractivity contribution in [2.45, 2.75) is 25.7 Å². The van der Waals surface area contributed by atoms with Crippen molar-refractivity contribution in [2.24, 2.45) is 11.8 Å². The number of β-amino-alcohol motifs (C(OH)–C–C–N with tert-alkyl or cyclic N) is 1. The van der Waals surface area contributed by atoms with Gasteiger partial charge in [-0.25, -0.2) is 14.6 Å². The van der Waals surface area contributed by atoms with Gasteiger partial charge in [-0.1, -0.05) is 6.07 Å². The molecule has 1 N–H and O–H groups in total. The van der Waals surface area contributed by atoms with E-state index in [0.717, 1.165) is 85.3 Å². The zero-order valence-electron chi connectivity index (χ0n) is 20.6. The monoisotopic (exact) mass is 563 g/mol. The number of amides is 1. The molecule has 1 aliphatic carbocycles. The summed E-state index contributed by atoms with van der Waals surface area (Å²) in [4.78, 5) is 31.4. The van der Waals surface area contributed by atoms with Gasteiger partial charge in [0.1, 0.15) is 10.4 Å². The normalized spacial score (nSPS) is 20.8. The molecule has 6 rings (SSSR count). The van der Waals surface area contributed by atoms with E-state index in [-0.39, 0.29) is 18.4 Å². The van der Waals surface area contributed by atoms with Crippen LogP contribution >= 0.6 is 15.9 Å². The number of pyridine rings is 1. The van der Waals surface area contributed by atoms with Crippen LogP contribution in [-0.4, -0.2) is 84.9 Å². The molecule has 1 saturated heterocycles. The summed E-state index contributed by atoms with van der Waals surface area (Å²) in [5.74, 6) is 1.56. The Labute approximate surface area is 223 Å². The fourth-order valence-corrected chi connectivity index (χ4v) is 6.15. The number of hydrogen-bond acceptors (Lipinski definition) is 7. The Hall–Kier alpha value is -2.95. The number of piperazine rings is 1. The molecule has 4 heterocycles. The van der Waals surface area contributed by atoms with Gasteiger partial charge in [0.05, 0.1) is 23.2 Å². The van der Waals surface area contributed by atoms with Gasteiger partial charge in [-0.05, 0) is 65.4 Å². The number of carbonyl (C=O) groups is 1. The summed E-state index contributed by atoms with van der Waals surface area (Å²) in [6, 6.07) is 10.0. The molecule has 2 atom stereocenters. The summed E-state index contributed by atoms with van der Waals surface area (Å²) in [5.41, 5.74) is 2.63. The van der Waals surface area contributed by atoms with E-state index in [1.54, 1.807) is 6.20 Å². The minimum absolute atomic E-state index is 0.0870. The van der Waals surface area contributed by atoms with Gasteiger partial charge in [0.25, 0.3) is 0 Å². The van der Waals surface area contributed by atoms with Gasteiger partial charge < -0.3 is 10.0 Å². The number of nitrogens with zero attached hydrogens (tertiary/aromatic N) is 7. The van der Waals surface area contributed by atoms with Crippen LogP contribution < -0.4 is 0 Å². The average molecular weight is 564 g/mol. The highest BCUT2D eigenvalue weighted by molar-refractivity contribution is 9.10. The molecule has 0 unspecified atom stereocenters. The molecule has 9 nitrogen and oxygen atoms in total. The van der Waals surface area contributed by atoms with Crippen LogP contribution in [0.25, 0.3) is 27.6 Å².